The largest absolute Gasteiger partial charge is 0.478 e. The van der Waals surface area contributed by atoms with E-state index in [-0.39, 0.29) is 18.2 Å². The van der Waals surface area contributed by atoms with Gasteiger partial charge in [-0.15, -0.1) is 0 Å². The third-order valence-electron chi connectivity index (χ3n) is 3.97. The average Bonchev–Trinajstić information content (AvgIpc) is 2.56. The van der Waals surface area contributed by atoms with Gasteiger partial charge in [0.25, 0.3) is 5.91 Å². The molecule has 0 aliphatic carbocycles. The fourth-order valence-electron chi connectivity index (χ4n) is 2.60. The van der Waals surface area contributed by atoms with Crippen LogP contribution in [-0.2, 0) is 16.0 Å². The summed E-state index contributed by atoms with van der Waals surface area (Å²) < 4.78 is 5.67. The number of hydrogen-bond acceptors (Lipinski definition) is 3. The van der Waals surface area contributed by atoms with Crippen LogP contribution in [0.2, 0.25) is 0 Å². The van der Waals surface area contributed by atoms with Crippen LogP contribution in [0.25, 0.3) is 0 Å². The summed E-state index contributed by atoms with van der Waals surface area (Å²) in [6.45, 7) is 4.02. The van der Waals surface area contributed by atoms with Gasteiger partial charge in [0.1, 0.15) is 5.75 Å². The predicted molar refractivity (Wildman–Crippen MR) is 93.3 cm³/mol. The highest BCUT2D eigenvalue weighted by atomic mass is 16.5. The summed E-state index contributed by atoms with van der Waals surface area (Å²) in [7, 11) is 0. The summed E-state index contributed by atoms with van der Waals surface area (Å²) in [6.07, 6.45) is 0.0906. The summed E-state index contributed by atoms with van der Waals surface area (Å²) in [5.74, 6) is 0.0323. The Bertz CT molecular complexity index is 769. The van der Waals surface area contributed by atoms with E-state index in [2.05, 4.69) is 17.6 Å². The van der Waals surface area contributed by atoms with E-state index in [0.29, 0.717) is 17.1 Å². The lowest BCUT2D eigenvalue weighted by Crippen LogP contribution is -2.39. The summed E-state index contributed by atoms with van der Waals surface area (Å²) in [4.78, 5) is 24.3. The van der Waals surface area contributed by atoms with E-state index in [1.54, 1.807) is 6.07 Å². The minimum atomic E-state index is -0.824. The number of rotatable bonds is 4. The number of nitrogens with one attached hydrogen (secondary N) is 2. The van der Waals surface area contributed by atoms with Gasteiger partial charge in [-0.25, -0.2) is 0 Å². The molecule has 2 aromatic carbocycles. The van der Waals surface area contributed by atoms with Crippen LogP contribution in [0.3, 0.4) is 0 Å². The smallest absolute Gasteiger partial charge is 0.266 e. The minimum absolute atomic E-state index is 0.0331. The number of aryl methyl sites for hydroxylation is 2. The van der Waals surface area contributed by atoms with Crippen molar-refractivity contribution in [2.45, 2.75) is 32.8 Å². The van der Waals surface area contributed by atoms with E-state index in [9.17, 15) is 9.59 Å². The molecule has 1 heterocycles. The van der Waals surface area contributed by atoms with Crippen LogP contribution in [-0.4, -0.2) is 17.9 Å². The van der Waals surface area contributed by atoms with E-state index in [4.69, 9.17) is 4.74 Å². The highest BCUT2D eigenvalue weighted by Gasteiger charge is 2.29. The summed E-state index contributed by atoms with van der Waals surface area (Å²) >= 11 is 0. The maximum atomic E-state index is 12.2. The molecule has 0 fully saturated rings. The fraction of sp³-hybridized carbons (Fsp3) is 0.263. The molecule has 1 aliphatic heterocycles. The molecular formula is C19H20N2O3. The number of ether oxygens (including phenoxy) is 1. The van der Waals surface area contributed by atoms with Gasteiger partial charge in [-0.3, -0.25) is 9.59 Å². The number of hydrogen-bond donors (Lipinski definition) is 2. The van der Waals surface area contributed by atoms with Gasteiger partial charge in [-0.2, -0.15) is 0 Å². The molecule has 2 aromatic rings. The molecule has 24 heavy (non-hydrogen) atoms. The van der Waals surface area contributed by atoms with Crippen LogP contribution < -0.4 is 15.4 Å². The first-order valence-electron chi connectivity index (χ1n) is 8.02. The number of anilines is 2. The Balaban J connectivity index is 1.63. The maximum Gasteiger partial charge on any atom is 0.266 e. The van der Waals surface area contributed by atoms with Crippen molar-refractivity contribution in [3.8, 4) is 5.75 Å². The predicted octanol–water partition coefficient (Wildman–Crippen LogP) is 3.29. The highest BCUT2D eigenvalue weighted by molar-refractivity contribution is 6.02. The molecule has 5 heteroatoms. The van der Waals surface area contributed by atoms with E-state index < -0.39 is 6.10 Å². The van der Waals surface area contributed by atoms with Crippen molar-refractivity contribution in [2.24, 2.45) is 0 Å². The van der Waals surface area contributed by atoms with Crippen LogP contribution in [0.1, 0.15) is 24.5 Å². The highest BCUT2D eigenvalue weighted by Crippen LogP contribution is 2.31. The molecule has 0 aromatic heterocycles. The number of benzene rings is 2. The Morgan fingerprint density at radius 2 is 1.96 bits per heavy atom. The molecule has 0 bridgehead atoms. The van der Waals surface area contributed by atoms with Gasteiger partial charge >= 0.3 is 0 Å². The minimum Gasteiger partial charge on any atom is -0.478 e. The molecule has 0 radical (unpaired) electrons. The Labute approximate surface area is 141 Å². The molecular weight excluding hydrogens is 304 g/mol. The van der Waals surface area contributed by atoms with Gasteiger partial charge in [0, 0.05) is 5.69 Å². The molecule has 2 N–H and O–H groups in total. The lowest BCUT2D eigenvalue weighted by molar-refractivity contribution is -0.128. The lowest BCUT2D eigenvalue weighted by Gasteiger charge is -2.25. The van der Waals surface area contributed by atoms with Gasteiger partial charge in [-0.1, -0.05) is 25.1 Å². The first-order valence-corrected chi connectivity index (χ1v) is 8.02. The Morgan fingerprint density at radius 3 is 2.67 bits per heavy atom. The molecule has 124 valence electrons. The maximum absolute atomic E-state index is 12.2. The van der Waals surface area contributed by atoms with Crippen LogP contribution >= 0.6 is 0 Å². The molecule has 0 unspecified atom stereocenters. The molecule has 0 saturated heterocycles. The van der Waals surface area contributed by atoms with E-state index in [1.165, 1.54) is 5.56 Å². The zero-order chi connectivity index (χ0) is 17.1. The quantitative estimate of drug-likeness (QED) is 0.907. The van der Waals surface area contributed by atoms with Crippen molar-refractivity contribution in [2.75, 3.05) is 10.6 Å². The van der Waals surface area contributed by atoms with Crippen LogP contribution in [0.5, 0.6) is 5.75 Å². The van der Waals surface area contributed by atoms with E-state index in [0.717, 1.165) is 12.0 Å². The zero-order valence-corrected chi connectivity index (χ0v) is 13.8. The monoisotopic (exact) mass is 324 g/mol. The van der Waals surface area contributed by atoms with Gasteiger partial charge in [0.05, 0.1) is 12.1 Å². The molecule has 0 saturated carbocycles. The number of carbonyl (C=O) groups is 2. The summed E-state index contributed by atoms with van der Waals surface area (Å²) in [5.41, 5.74) is 3.59. The van der Waals surface area contributed by atoms with Gasteiger partial charge in [0.2, 0.25) is 5.91 Å². The van der Waals surface area contributed by atoms with Gasteiger partial charge in [-0.05, 0) is 48.7 Å². The van der Waals surface area contributed by atoms with Gasteiger partial charge in [0.15, 0.2) is 6.10 Å². The second kappa shape index (κ2) is 6.74. The van der Waals surface area contributed by atoms with E-state index in [1.807, 2.05) is 43.3 Å². The first kappa shape index (κ1) is 16.1. The Morgan fingerprint density at radius 1 is 1.21 bits per heavy atom. The Kier molecular flexibility index (Phi) is 4.51. The number of fused-ring (bicyclic) bond motifs is 1. The normalized spacial score (nSPS) is 15.9. The zero-order valence-electron chi connectivity index (χ0n) is 13.8. The summed E-state index contributed by atoms with van der Waals surface area (Å²) in [5, 5.41) is 5.59. The van der Waals surface area contributed by atoms with Gasteiger partial charge < -0.3 is 15.4 Å². The third kappa shape index (κ3) is 3.56. The molecule has 5 nitrogen and oxygen atoms in total. The van der Waals surface area contributed by atoms with Crippen molar-refractivity contribution >= 4 is 23.2 Å². The van der Waals surface area contributed by atoms with Crippen molar-refractivity contribution in [1.29, 1.82) is 0 Å². The van der Waals surface area contributed by atoms with Crippen LogP contribution in [0.4, 0.5) is 11.4 Å². The van der Waals surface area contributed by atoms with Crippen molar-refractivity contribution in [3.05, 3.63) is 53.6 Å². The lowest BCUT2D eigenvalue weighted by atomic mass is 10.1. The topological polar surface area (TPSA) is 67.4 Å². The SMILES string of the molecule is CCc1ccc(NC(=O)C[C@@H]2Oc3ccc(C)cc3NC2=O)cc1. The van der Waals surface area contributed by atoms with E-state index >= 15 is 0 Å². The number of carbonyl (C=O) groups excluding carboxylic acids is 2. The second-order valence-electron chi connectivity index (χ2n) is 5.90. The fourth-order valence-corrected chi connectivity index (χ4v) is 2.60. The van der Waals surface area contributed by atoms with Crippen molar-refractivity contribution in [3.63, 3.8) is 0 Å². The standard InChI is InChI=1S/C19H20N2O3/c1-3-13-5-7-14(8-6-13)20-18(22)11-17-19(23)21-15-10-12(2)4-9-16(15)24-17/h4-10,17H,3,11H2,1-2H3,(H,20,22)(H,21,23)/t17-/m0/s1. The van der Waals surface area contributed by atoms with Crippen molar-refractivity contribution < 1.29 is 14.3 Å². The molecule has 0 spiro atoms. The third-order valence-corrected chi connectivity index (χ3v) is 3.97. The van der Waals surface area contributed by atoms with Crippen LogP contribution in [0.15, 0.2) is 42.5 Å². The molecule has 3 rings (SSSR count). The summed E-state index contributed by atoms with van der Waals surface area (Å²) in [6, 6.07) is 13.2. The van der Waals surface area contributed by atoms with Crippen LogP contribution in [0, 0.1) is 6.92 Å². The average molecular weight is 324 g/mol. The first-order chi connectivity index (χ1) is 11.5. The number of amides is 2. The molecule has 1 aliphatic rings. The Hall–Kier alpha value is -2.82. The molecule has 1 atom stereocenters. The second-order valence-corrected chi connectivity index (χ2v) is 5.90. The van der Waals surface area contributed by atoms with Crippen molar-refractivity contribution in [1.82, 2.24) is 0 Å². The molecule has 2 amide bonds.